The molecule has 3 heterocycles. The molecule has 1 aromatic heterocycles. The predicted molar refractivity (Wildman–Crippen MR) is 111 cm³/mol. The summed E-state index contributed by atoms with van der Waals surface area (Å²) in [5.41, 5.74) is 1.92. The number of carbonyl (C=O) groups excluding carboxylic acids is 1. The van der Waals surface area contributed by atoms with Crippen molar-refractivity contribution in [3.63, 3.8) is 0 Å². The Bertz CT molecular complexity index is 841. The largest absolute Gasteiger partial charge is 0.355 e. The summed E-state index contributed by atoms with van der Waals surface area (Å²) in [7, 11) is 0. The lowest BCUT2D eigenvalue weighted by Gasteiger charge is -2.41. The number of hydrogen-bond donors (Lipinski definition) is 0. The van der Waals surface area contributed by atoms with Gasteiger partial charge in [0, 0.05) is 31.6 Å². The Kier molecular flexibility index (Phi) is 4.91. The molecule has 1 aliphatic carbocycles. The molecule has 3 aliphatic rings. The van der Waals surface area contributed by atoms with Gasteiger partial charge in [-0.3, -0.25) is 9.78 Å². The van der Waals surface area contributed by atoms with Crippen LogP contribution >= 0.6 is 0 Å². The fraction of sp³-hybridized carbons (Fsp3) is 0.609. The molecule has 148 valence electrons. The van der Waals surface area contributed by atoms with Gasteiger partial charge in [-0.2, -0.15) is 0 Å². The maximum atomic E-state index is 12.9. The summed E-state index contributed by atoms with van der Waals surface area (Å²) in [6, 6.07) is 8.52. The van der Waals surface area contributed by atoms with Crippen molar-refractivity contribution < 1.29 is 4.79 Å². The minimum absolute atomic E-state index is 0.341. The molecule has 0 unspecified atom stereocenters. The van der Waals surface area contributed by atoms with Gasteiger partial charge in [0.25, 0.3) is 0 Å². The molecule has 5 nitrogen and oxygen atoms in total. The first kappa shape index (κ1) is 17.9. The second kappa shape index (κ2) is 7.69. The third-order valence-electron chi connectivity index (χ3n) is 6.85. The maximum absolute atomic E-state index is 12.9. The van der Waals surface area contributed by atoms with E-state index in [9.17, 15) is 4.79 Å². The molecule has 2 aliphatic heterocycles. The highest BCUT2D eigenvalue weighted by atomic mass is 16.2. The quantitative estimate of drug-likeness (QED) is 0.809. The zero-order valence-electron chi connectivity index (χ0n) is 16.6. The Morgan fingerprint density at radius 2 is 1.68 bits per heavy atom. The van der Waals surface area contributed by atoms with Crippen molar-refractivity contribution >= 4 is 22.8 Å². The van der Waals surface area contributed by atoms with Crippen LogP contribution in [0, 0.1) is 11.8 Å². The standard InChI is InChI=1S/C23H30N4O/c28-23(18-9-10-18)27-13-5-1-2-8-21(27)17-11-14-26(15-12-17)22-16-24-19-6-3-4-7-20(19)25-22/h3-4,6-7,16-18,21H,1-2,5,8-15H2/t21-/m0/s1. The first-order chi connectivity index (χ1) is 13.8. The van der Waals surface area contributed by atoms with Crippen molar-refractivity contribution in [3.8, 4) is 0 Å². The Balaban J connectivity index is 1.27. The van der Waals surface area contributed by atoms with Gasteiger partial charge >= 0.3 is 0 Å². The van der Waals surface area contributed by atoms with Crippen LogP contribution in [0.4, 0.5) is 5.82 Å². The van der Waals surface area contributed by atoms with Crippen LogP contribution < -0.4 is 4.90 Å². The summed E-state index contributed by atoms with van der Waals surface area (Å²) in [6.45, 7) is 3.01. The first-order valence-corrected chi connectivity index (χ1v) is 11.1. The number of para-hydroxylation sites is 2. The highest BCUT2D eigenvalue weighted by molar-refractivity contribution is 5.81. The molecule has 2 saturated heterocycles. The molecule has 0 bridgehead atoms. The lowest BCUT2D eigenvalue weighted by atomic mass is 9.86. The summed E-state index contributed by atoms with van der Waals surface area (Å²) in [6.07, 6.45) is 11.4. The van der Waals surface area contributed by atoms with Gasteiger partial charge in [0.1, 0.15) is 5.82 Å². The molecule has 5 rings (SSSR count). The van der Waals surface area contributed by atoms with Crippen molar-refractivity contribution in [2.75, 3.05) is 24.5 Å². The van der Waals surface area contributed by atoms with Crippen molar-refractivity contribution in [2.24, 2.45) is 11.8 Å². The van der Waals surface area contributed by atoms with E-state index >= 15 is 0 Å². The molecule has 1 aromatic carbocycles. The van der Waals surface area contributed by atoms with E-state index < -0.39 is 0 Å². The van der Waals surface area contributed by atoms with E-state index in [4.69, 9.17) is 4.98 Å². The van der Waals surface area contributed by atoms with E-state index in [2.05, 4.69) is 14.8 Å². The topological polar surface area (TPSA) is 49.3 Å². The Morgan fingerprint density at radius 1 is 0.893 bits per heavy atom. The van der Waals surface area contributed by atoms with Crippen molar-refractivity contribution in [3.05, 3.63) is 30.5 Å². The molecular weight excluding hydrogens is 348 g/mol. The van der Waals surface area contributed by atoms with E-state index in [1.54, 1.807) is 0 Å². The SMILES string of the molecule is O=C(C1CC1)N1CCCCC[C@H]1C1CCN(c2cnc3ccccc3n2)CC1. The monoisotopic (exact) mass is 378 g/mol. The number of benzene rings is 1. The first-order valence-electron chi connectivity index (χ1n) is 11.1. The lowest BCUT2D eigenvalue weighted by Crippen LogP contribution is -2.48. The second-order valence-corrected chi connectivity index (χ2v) is 8.76. The molecule has 0 N–H and O–H groups in total. The zero-order chi connectivity index (χ0) is 18.9. The Hall–Kier alpha value is -2.17. The number of aromatic nitrogens is 2. The molecule has 0 radical (unpaired) electrons. The molecule has 1 amide bonds. The Labute approximate surface area is 167 Å². The van der Waals surface area contributed by atoms with Gasteiger partial charge in [0.15, 0.2) is 0 Å². The van der Waals surface area contributed by atoms with Gasteiger partial charge in [0.05, 0.1) is 17.2 Å². The van der Waals surface area contributed by atoms with Gasteiger partial charge in [-0.1, -0.05) is 25.0 Å². The van der Waals surface area contributed by atoms with Crippen molar-refractivity contribution in [1.29, 1.82) is 0 Å². The number of fused-ring (bicyclic) bond motifs is 1. The number of likely N-dealkylation sites (tertiary alicyclic amines) is 1. The fourth-order valence-corrected chi connectivity index (χ4v) is 5.08. The zero-order valence-corrected chi connectivity index (χ0v) is 16.6. The van der Waals surface area contributed by atoms with Crippen LogP contribution in [0.25, 0.3) is 11.0 Å². The minimum Gasteiger partial charge on any atom is -0.355 e. The number of amides is 1. The van der Waals surface area contributed by atoms with E-state index in [0.29, 0.717) is 23.8 Å². The average Bonchev–Trinajstić information content (AvgIpc) is 3.60. The average molecular weight is 379 g/mol. The minimum atomic E-state index is 0.341. The highest BCUT2D eigenvalue weighted by Crippen LogP contribution is 2.36. The molecule has 3 fully saturated rings. The van der Waals surface area contributed by atoms with Gasteiger partial charge in [0.2, 0.25) is 5.91 Å². The molecule has 28 heavy (non-hydrogen) atoms. The van der Waals surface area contributed by atoms with Crippen molar-refractivity contribution in [2.45, 2.75) is 57.4 Å². The molecule has 5 heteroatoms. The van der Waals surface area contributed by atoms with Crippen LogP contribution in [0.15, 0.2) is 30.5 Å². The number of carbonyl (C=O) groups is 1. The van der Waals surface area contributed by atoms with Crippen LogP contribution in [0.3, 0.4) is 0 Å². The van der Waals surface area contributed by atoms with Gasteiger partial charge in [-0.05, 0) is 56.6 Å². The lowest BCUT2D eigenvalue weighted by molar-refractivity contribution is -0.136. The summed E-state index contributed by atoms with van der Waals surface area (Å²) in [5.74, 6) is 2.41. The van der Waals surface area contributed by atoms with Crippen LogP contribution in [0.2, 0.25) is 0 Å². The normalized spacial score (nSPS) is 24.4. The number of nitrogens with zero attached hydrogens (tertiary/aromatic N) is 4. The van der Waals surface area contributed by atoms with Crippen LogP contribution in [0.5, 0.6) is 0 Å². The van der Waals surface area contributed by atoms with Crippen LogP contribution in [-0.4, -0.2) is 46.5 Å². The van der Waals surface area contributed by atoms with Crippen LogP contribution in [0.1, 0.15) is 51.4 Å². The van der Waals surface area contributed by atoms with E-state index in [-0.39, 0.29) is 0 Å². The fourth-order valence-electron chi connectivity index (χ4n) is 5.08. The number of hydrogen-bond acceptors (Lipinski definition) is 4. The van der Waals surface area contributed by atoms with Crippen molar-refractivity contribution in [1.82, 2.24) is 14.9 Å². The smallest absolute Gasteiger partial charge is 0.225 e. The molecule has 2 aromatic rings. The number of anilines is 1. The predicted octanol–water partition coefficient (Wildman–Crippen LogP) is 4.03. The summed E-state index contributed by atoms with van der Waals surface area (Å²) in [4.78, 5) is 26.9. The second-order valence-electron chi connectivity index (χ2n) is 8.76. The van der Waals surface area contributed by atoms with E-state index in [1.165, 1.54) is 25.7 Å². The molecular formula is C23H30N4O. The highest BCUT2D eigenvalue weighted by Gasteiger charge is 2.39. The molecule has 0 spiro atoms. The maximum Gasteiger partial charge on any atom is 0.225 e. The molecule has 1 atom stereocenters. The summed E-state index contributed by atoms with van der Waals surface area (Å²) >= 11 is 0. The Morgan fingerprint density at radius 3 is 2.46 bits per heavy atom. The van der Waals surface area contributed by atoms with Crippen LogP contribution in [-0.2, 0) is 4.79 Å². The van der Waals surface area contributed by atoms with E-state index in [1.807, 2.05) is 30.5 Å². The summed E-state index contributed by atoms with van der Waals surface area (Å²) in [5, 5.41) is 0. The molecule has 1 saturated carbocycles. The number of piperidine rings is 1. The van der Waals surface area contributed by atoms with E-state index in [0.717, 1.165) is 62.2 Å². The van der Waals surface area contributed by atoms with Gasteiger partial charge in [-0.25, -0.2) is 4.98 Å². The number of rotatable bonds is 3. The van der Waals surface area contributed by atoms with Gasteiger partial charge in [-0.15, -0.1) is 0 Å². The third kappa shape index (κ3) is 3.59. The third-order valence-corrected chi connectivity index (χ3v) is 6.85. The summed E-state index contributed by atoms with van der Waals surface area (Å²) < 4.78 is 0. The van der Waals surface area contributed by atoms with Gasteiger partial charge < -0.3 is 9.80 Å².